The highest BCUT2D eigenvalue weighted by molar-refractivity contribution is 5.53. The fourth-order valence-electron chi connectivity index (χ4n) is 2.99. The van der Waals surface area contributed by atoms with Gasteiger partial charge in [0.25, 0.3) is 0 Å². The molecule has 3 N–H and O–H groups in total. The lowest BCUT2D eigenvalue weighted by atomic mass is 9.85. The molecular formula is C16H17NO. The summed E-state index contributed by atoms with van der Waals surface area (Å²) in [5.41, 5.74) is 10.0. The Morgan fingerprint density at radius 1 is 1.11 bits per heavy atom. The van der Waals surface area contributed by atoms with Crippen molar-refractivity contribution in [2.45, 2.75) is 25.4 Å². The number of hydrogen-bond acceptors (Lipinski definition) is 2. The minimum absolute atomic E-state index is 0.733. The molecule has 1 atom stereocenters. The standard InChI is InChI=1S/C16H17NO/c1-11-4-2-3-5-14(11)16(18)9-8-12-10-13(17)6-7-15(12)16/h2-7,10,18H,8-9,17H2,1H3. The fourth-order valence-corrected chi connectivity index (χ4v) is 2.99. The van der Waals surface area contributed by atoms with Crippen molar-refractivity contribution in [1.82, 2.24) is 0 Å². The van der Waals surface area contributed by atoms with Crippen LogP contribution in [0.25, 0.3) is 0 Å². The fraction of sp³-hybridized carbons (Fsp3) is 0.250. The number of benzene rings is 2. The Kier molecular flexibility index (Phi) is 2.42. The van der Waals surface area contributed by atoms with Gasteiger partial charge in [-0.3, -0.25) is 0 Å². The molecule has 92 valence electrons. The first-order chi connectivity index (χ1) is 8.61. The number of aryl methyl sites for hydroxylation is 2. The lowest BCUT2D eigenvalue weighted by Crippen LogP contribution is -2.24. The van der Waals surface area contributed by atoms with Gasteiger partial charge in [0.1, 0.15) is 5.60 Å². The van der Waals surface area contributed by atoms with E-state index >= 15 is 0 Å². The molecule has 0 aromatic heterocycles. The Morgan fingerprint density at radius 3 is 2.67 bits per heavy atom. The molecule has 2 aromatic rings. The van der Waals surface area contributed by atoms with Crippen LogP contribution in [0.15, 0.2) is 42.5 Å². The lowest BCUT2D eigenvalue weighted by Gasteiger charge is -2.26. The molecule has 2 aromatic carbocycles. The number of nitrogen functional groups attached to an aromatic ring is 1. The van der Waals surface area contributed by atoms with Gasteiger partial charge in [-0.15, -0.1) is 0 Å². The second-order valence-corrected chi connectivity index (χ2v) is 5.09. The topological polar surface area (TPSA) is 46.2 Å². The van der Waals surface area contributed by atoms with Gasteiger partial charge in [-0.1, -0.05) is 30.3 Å². The largest absolute Gasteiger partial charge is 0.399 e. The number of anilines is 1. The average Bonchev–Trinajstić information content (AvgIpc) is 2.68. The molecule has 2 nitrogen and oxygen atoms in total. The van der Waals surface area contributed by atoms with Crippen LogP contribution < -0.4 is 5.73 Å². The van der Waals surface area contributed by atoms with Crippen molar-refractivity contribution in [3.05, 3.63) is 64.7 Å². The van der Waals surface area contributed by atoms with Crippen LogP contribution in [0.3, 0.4) is 0 Å². The Balaban J connectivity index is 2.18. The van der Waals surface area contributed by atoms with E-state index in [4.69, 9.17) is 5.73 Å². The third kappa shape index (κ3) is 1.53. The summed E-state index contributed by atoms with van der Waals surface area (Å²) in [6, 6.07) is 13.9. The van der Waals surface area contributed by atoms with Gasteiger partial charge in [-0.25, -0.2) is 0 Å². The molecule has 0 spiro atoms. The van der Waals surface area contributed by atoms with E-state index in [-0.39, 0.29) is 0 Å². The van der Waals surface area contributed by atoms with Gasteiger partial charge in [0.2, 0.25) is 0 Å². The summed E-state index contributed by atoms with van der Waals surface area (Å²) in [5, 5.41) is 11.0. The molecule has 2 heteroatoms. The van der Waals surface area contributed by atoms with Crippen LogP contribution in [0.5, 0.6) is 0 Å². The summed E-state index contributed by atoms with van der Waals surface area (Å²) >= 11 is 0. The molecule has 0 fully saturated rings. The first kappa shape index (κ1) is 11.3. The number of fused-ring (bicyclic) bond motifs is 1. The number of nitrogens with two attached hydrogens (primary N) is 1. The SMILES string of the molecule is Cc1ccccc1C1(O)CCc2cc(N)ccc21. The summed E-state index contributed by atoms with van der Waals surface area (Å²) in [6.07, 6.45) is 1.61. The molecule has 0 bridgehead atoms. The lowest BCUT2D eigenvalue weighted by molar-refractivity contribution is 0.0823. The zero-order valence-corrected chi connectivity index (χ0v) is 10.5. The van der Waals surface area contributed by atoms with E-state index in [2.05, 4.69) is 0 Å². The van der Waals surface area contributed by atoms with Crippen LogP contribution in [0.2, 0.25) is 0 Å². The summed E-state index contributed by atoms with van der Waals surface area (Å²) in [4.78, 5) is 0. The molecular weight excluding hydrogens is 222 g/mol. The monoisotopic (exact) mass is 239 g/mol. The second-order valence-electron chi connectivity index (χ2n) is 5.09. The summed E-state index contributed by atoms with van der Waals surface area (Å²) in [5.74, 6) is 0. The van der Waals surface area contributed by atoms with E-state index in [1.807, 2.05) is 49.4 Å². The van der Waals surface area contributed by atoms with Gasteiger partial charge in [0.15, 0.2) is 0 Å². The molecule has 1 unspecified atom stereocenters. The van der Waals surface area contributed by atoms with Crippen LogP contribution in [0.1, 0.15) is 28.7 Å². The van der Waals surface area contributed by atoms with Crippen LogP contribution in [0, 0.1) is 6.92 Å². The molecule has 0 saturated carbocycles. The minimum atomic E-state index is -0.853. The first-order valence-electron chi connectivity index (χ1n) is 6.28. The van der Waals surface area contributed by atoms with Gasteiger partial charge < -0.3 is 10.8 Å². The van der Waals surface area contributed by atoms with Crippen molar-refractivity contribution in [3.8, 4) is 0 Å². The molecule has 18 heavy (non-hydrogen) atoms. The van der Waals surface area contributed by atoms with Gasteiger partial charge in [0, 0.05) is 5.69 Å². The quantitative estimate of drug-likeness (QED) is 0.752. The zero-order chi connectivity index (χ0) is 12.8. The first-order valence-corrected chi connectivity index (χ1v) is 6.28. The van der Waals surface area contributed by atoms with E-state index in [1.54, 1.807) is 0 Å². The van der Waals surface area contributed by atoms with Crippen LogP contribution in [-0.2, 0) is 12.0 Å². The maximum Gasteiger partial charge on any atom is 0.115 e. The third-order valence-corrected chi connectivity index (χ3v) is 3.92. The molecule has 0 amide bonds. The summed E-state index contributed by atoms with van der Waals surface area (Å²) < 4.78 is 0. The van der Waals surface area contributed by atoms with Gasteiger partial charge in [-0.2, -0.15) is 0 Å². The van der Waals surface area contributed by atoms with Gasteiger partial charge >= 0.3 is 0 Å². The average molecular weight is 239 g/mol. The highest BCUT2D eigenvalue weighted by atomic mass is 16.3. The van der Waals surface area contributed by atoms with Crippen LogP contribution in [0.4, 0.5) is 5.69 Å². The van der Waals surface area contributed by atoms with Crippen molar-refractivity contribution in [2.24, 2.45) is 0 Å². The van der Waals surface area contributed by atoms with Crippen molar-refractivity contribution in [2.75, 3.05) is 5.73 Å². The molecule has 0 saturated heterocycles. The normalized spacial score (nSPS) is 21.9. The van der Waals surface area contributed by atoms with Gasteiger partial charge in [-0.05, 0) is 54.2 Å². The van der Waals surface area contributed by atoms with Crippen molar-refractivity contribution in [3.63, 3.8) is 0 Å². The molecule has 0 heterocycles. The molecule has 1 aliphatic carbocycles. The Labute approximate surface area is 107 Å². The minimum Gasteiger partial charge on any atom is -0.399 e. The smallest absolute Gasteiger partial charge is 0.115 e. The maximum absolute atomic E-state index is 11.0. The number of rotatable bonds is 1. The van der Waals surface area contributed by atoms with E-state index < -0.39 is 5.60 Å². The zero-order valence-electron chi connectivity index (χ0n) is 10.5. The third-order valence-electron chi connectivity index (χ3n) is 3.92. The Morgan fingerprint density at radius 2 is 1.89 bits per heavy atom. The molecule has 0 radical (unpaired) electrons. The van der Waals surface area contributed by atoms with Crippen LogP contribution in [-0.4, -0.2) is 5.11 Å². The Hall–Kier alpha value is -1.80. The predicted octanol–water partition coefficient (Wildman–Crippen LogP) is 2.76. The van der Waals surface area contributed by atoms with E-state index in [1.165, 1.54) is 5.56 Å². The van der Waals surface area contributed by atoms with Crippen molar-refractivity contribution in [1.29, 1.82) is 0 Å². The molecule has 1 aliphatic rings. The Bertz CT molecular complexity index is 606. The predicted molar refractivity (Wildman–Crippen MR) is 73.4 cm³/mol. The molecule has 3 rings (SSSR count). The number of hydrogen-bond donors (Lipinski definition) is 2. The summed E-state index contributed by atoms with van der Waals surface area (Å²) in [7, 11) is 0. The van der Waals surface area contributed by atoms with E-state index in [9.17, 15) is 5.11 Å². The van der Waals surface area contributed by atoms with Crippen molar-refractivity contribution >= 4 is 5.69 Å². The second kappa shape index (κ2) is 3.85. The maximum atomic E-state index is 11.0. The highest BCUT2D eigenvalue weighted by Gasteiger charge is 2.38. The number of aliphatic hydroxyl groups is 1. The summed E-state index contributed by atoms with van der Waals surface area (Å²) in [6.45, 7) is 2.04. The van der Waals surface area contributed by atoms with Crippen molar-refractivity contribution < 1.29 is 5.11 Å². The highest BCUT2D eigenvalue weighted by Crippen LogP contribution is 2.43. The van der Waals surface area contributed by atoms with Crippen LogP contribution >= 0.6 is 0 Å². The van der Waals surface area contributed by atoms with E-state index in [0.717, 1.165) is 35.2 Å². The molecule has 0 aliphatic heterocycles. The van der Waals surface area contributed by atoms with E-state index in [0.29, 0.717) is 0 Å². The van der Waals surface area contributed by atoms with Gasteiger partial charge in [0.05, 0.1) is 0 Å².